The van der Waals surface area contributed by atoms with Crippen molar-refractivity contribution >= 4 is 5.96 Å². The number of para-hydroxylation sites is 2. The largest absolute Gasteiger partial charge is 0.490 e. The Morgan fingerprint density at radius 3 is 2.68 bits per heavy atom. The molecule has 1 aliphatic heterocycles. The van der Waals surface area contributed by atoms with E-state index in [1.807, 2.05) is 49.5 Å². The molecule has 1 unspecified atom stereocenters. The van der Waals surface area contributed by atoms with Crippen molar-refractivity contribution in [1.82, 2.24) is 20.5 Å². The SMILES string of the molecule is CCNC(=NCc1ccc(Oc2ccccc2OCC)nc1)NCC1CCCN1CC. The van der Waals surface area contributed by atoms with E-state index in [4.69, 9.17) is 14.5 Å². The fourth-order valence-corrected chi connectivity index (χ4v) is 3.76. The molecule has 1 aliphatic rings. The van der Waals surface area contributed by atoms with Gasteiger partial charge in [-0.1, -0.05) is 25.1 Å². The molecule has 1 atom stereocenters. The summed E-state index contributed by atoms with van der Waals surface area (Å²) in [6.45, 7) is 11.5. The normalized spacial score (nSPS) is 16.9. The summed E-state index contributed by atoms with van der Waals surface area (Å²) >= 11 is 0. The van der Waals surface area contributed by atoms with Crippen LogP contribution in [0.2, 0.25) is 0 Å². The Balaban J connectivity index is 1.56. The summed E-state index contributed by atoms with van der Waals surface area (Å²) in [7, 11) is 0. The van der Waals surface area contributed by atoms with E-state index in [0.717, 1.165) is 31.2 Å². The predicted octanol–water partition coefficient (Wildman–Crippen LogP) is 3.81. The standard InChI is InChI=1S/C24H35N5O2/c1-4-25-24(28-18-20-10-9-15-29(20)5-2)27-17-19-13-14-23(26-16-19)31-22-12-8-7-11-21(22)30-6-3/h7-8,11-14,16,20H,4-6,9-10,15,17-18H2,1-3H3,(H2,25,27,28). The average Bonchev–Trinajstić information content (AvgIpc) is 3.26. The number of likely N-dealkylation sites (N-methyl/N-ethyl adjacent to an activating group) is 1. The second-order valence-electron chi connectivity index (χ2n) is 7.49. The summed E-state index contributed by atoms with van der Waals surface area (Å²) in [5.41, 5.74) is 1.03. The number of aliphatic imine (C=N–C) groups is 1. The number of guanidine groups is 1. The van der Waals surface area contributed by atoms with Crippen LogP contribution in [0.4, 0.5) is 0 Å². The number of rotatable bonds is 10. The van der Waals surface area contributed by atoms with Crippen LogP contribution in [-0.4, -0.2) is 54.7 Å². The maximum atomic E-state index is 5.90. The Labute approximate surface area is 185 Å². The predicted molar refractivity (Wildman–Crippen MR) is 125 cm³/mol. The summed E-state index contributed by atoms with van der Waals surface area (Å²) < 4.78 is 11.5. The highest BCUT2D eigenvalue weighted by atomic mass is 16.5. The van der Waals surface area contributed by atoms with E-state index in [9.17, 15) is 0 Å². The first-order chi connectivity index (χ1) is 15.2. The van der Waals surface area contributed by atoms with Crippen molar-refractivity contribution < 1.29 is 9.47 Å². The highest BCUT2D eigenvalue weighted by Gasteiger charge is 2.22. The van der Waals surface area contributed by atoms with E-state index in [1.165, 1.54) is 19.4 Å². The molecule has 0 radical (unpaired) electrons. The van der Waals surface area contributed by atoms with Gasteiger partial charge in [0.05, 0.1) is 13.2 Å². The average molecular weight is 426 g/mol. The Hall–Kier alpha value is -2.80. The van der Waals surface area contributed by atoms with Crippen molar-refractivity contribution in [2.75, 3.05) is 32.8 Å². The van der Waals surface area contributed by atoms with Crippen molar-refractivity contribution in [3.05, 3.63) is 48.2 Å². The Morgan fingerprint density at radius 2 is 1.97 bits per heavy atom. The van der Waals surface area contributed by atoms with Crippen LogP contribution in [0.15, 0.2) is 47.6 Å². The third-order valence-corrected chi connectivity index (χ3v) is 5.34. The van der Waals surface area contributed by atoms with Gasteiger partial charge in [-0.2, -0.15) is 0 Å². The molecule has 1 saturated heterocycles. The van der Waals surface area contributed by atoms with Crippen LogP contribution < -0.4 is 20.1 Å². The van der Waals surface area contributed by atoms with E-state index in [-0.39, 0.29) is 0 Å². The lowest BCUT2D eigenvalue weighted by molar-refractivity contribution is 0.267. The first kappa shape index (κ1) is 22.9. The van der Waals surface area contributed by atoms with Crippen molar-refractivity contribution in [3.8, 4) is 17.4 Å². The van der Waals surface area contributed by atoms with Crippen molar-refractivity contribution in [1.29, 1.82) is 0 Å². The Bertz CT molecular complexity index is 825. The molecule has 0 spiro atoms. The molecule has 0 aliphatic carbocycles. The van der Waals surface area contributed by atoms with Crippen LogP contribution >= 0.6 is 0 Å². The van der Waals surface area contributed by atoms with E-state index in [1.54, 1.807) is 0 Å². The van der Waals surface area contributed by atoms with Crippen molar-refractivity contribution in [3.63, 3.8) is 0 Å². The van der Waals surface area contributed by atoms with Gasteiger partial charge in [0.15, 0.2) is 17.5 Å². The molecule has 0 bridgehead atoms. The topological polar surface area (TPSA) is 71.0 Å². The summed E-state index contributed by atoms with van der Waals surface area (Å²) in [4.78, 5) is 11.7. The Morgan fingerprint density at radius 1 is 1.13 bits per heavy atom. The van der Waals surface area contributed by atoms with Gasteiger partial charge in [-0.3, -0.25) is 4.90 Å². The molecule has 2 aromatic rings. The molecule has 2 N–H and O–H groups in total. The zero-order valence-corrected chi connectivity index (χ0v) is 18.9. The molecule has 1 aromatic heterocycles. The summed E-state index contributed by atoms with van der Waals surface area (Å²) in [5.74, 6) is 2.75. The first-order valence-electron chi connectivity index (χ1n) is 11.3. The fraction of sp³-hybridized carbons (Fsp3) is 0.500. The van der Waals surface area contributed by atoms with E-state index in [0.29, 0.717) is 36.6 Å². The van der Waals surface area contributed by atoms with Crippen LogP contribution in [0.3, 0.4) is 0 Å². The zero-order chi connectivity index (χ0) is 21.9. The molecular weight excluding hydrogens is 390 g/mol. The highest BCUT2D eigenvalue weighted by molar-refractivity contribution is 5.79. The molecule has 1 aromatic carbocycles. The number of benzene rings is 1. The smallest absolute Gasteiger partial charge is 0.219 e. The molecule has 0 amide bonds. The number of nitrogens with one attached hydrogen (secondary N) is 2. The summed E-state index contributed by atoms with van der Waals surface area (Å²) in [5, 5.41) is 6.83. The van der Waals surface area contributed by atoms with Gasteiger partial charge >= 0.3 is 0 Å². The maximum absolute atomic E-state index is 5.90. The lowest BCUT2D eigenvalue weighted by atomic mass is 10.2. The molecule has 168 valence electrons. The highest BCUT2D eigenvalue weighted by Crippen LogP contribution is 2.30. The molecule has 2 heterocycles. The van der Waals surface area contributed by atoms with Crippen LogP contribution in [0, 0.1) is 0 Å². The third kappa shape index (κ3) is 6.85. The second-order valence-corrected chi connectivity index (χ2v) is 7.49. The lowest BCUT2D eigenvalue weighted by Gasteiger charge is -2.24. The van der Waals surface area contributed by atoms with Crippen LogP contribution in [-0.2, 0) is 6.54 Å². The zero-order valence-electron chi connectivity index (χ0n) is 18.9. The van der Waals surface area contributed by atoms with Gasteiger partial charge in [-0.05, 0) is 57.5 Å². The van der Waals surface area contributed by atoms with Gasteiger partial charge in [-0.25, -0.2) is 9.98 Å². The van der Waals surface area contributed by atoms with Gasteiger partial charge in [-0.15, -0.1) is 0 Å². The van der Waals surface area contributed by atoms with Gasteiger partial charge in [0.2, 0.25) is 5.88 Å². The summed E-state index contributed by atoms with van der Waals surface area (Å²) in [6.07, 6.45) is 4.34. The number of aromatic nitrogens is 1. The number of pyridine rings is 1. The monoisotopic (exact) mass is 425 g/mol. The Kier molecular flexibility index (Phi) is 8.97. The molecule has 7 nitrogen and oxygen atoms in total. The number of likely N-dealkylation sites (tertiary alicyclic amines) is 1. The minimum atomic E-state index is 0.533. The molecule has 31 heavy (non-hydrogen) atoms. The van der Waals surface area contributed by atoms with Gasteiger partial charge in [0.1, 0.15) is 0 Å². The first-order valence-corrected chi connectivity index (χ1v) is 11.3. The fourth-order valence-electron chi connectivity index (χ4n) is 3.76. The van der Waals surface area contributed by atoms with Gasteiger partial charge in [0, 0.05) is 31.4 Å². The molecular formula is C24H35N5O2. The van der Waals surface area contributed by atoms with E-state index < -0.39 is 0 Å². The van der Waals surface area contributed by atoms with Crippen LogP contribution in [0.25, 0.3) is 0 Å². The number of ether oxygens (including phenoxy) is 2. The van der Waals surface area contributed by atoms with Gasteiger partial charge in [0.25, 0.3) is 0 Å². The number of hydrogen-bond donors (Lipinski definition) is 2. The molecule has 7 heteroatoms. The summed E-state index contributed by atoms with van der Waals surface area (Å²) in [6, 6.07) is 12.1. The maximum Gasteiger partial charge on any atom is 0.219 e. The number of hydrogen-bond acceptors (Lipinski definition) is 5. The molecule has 1 fully saturated rings. The van der Waals surface area contributed by atoms with Crippen molar-refractivity contribution in [2.45, 2.75) is 46.2 Å². The third-order valence-electron chi connectivity index (χ3n) is 5.34. The van der Waals surface area contributed by atoms with E-state index in [2.05, 4.69) is 34.4 Å². The molecule has 0 saturated carbocycles. The van der Waals surface area contributed by atoms with Crippen LogP contribution in [0.5, 0.6) is 17.4 Å². The second kappa shape index (κ2) is 12.2. The quantitative estimate of drug-likeness (QED) is 0.446. The van der Waals surface area contributed by atoms with Crippen molar-refractivity contribution in [2.24, 2.45) is 4.99 Å². The number of nitrogens with zero attached hydrogens (tertiary/aromatic N) is 3. The van der Waals surface area contributed by atoms with Crippen LogP contribution in [0.1, 0.15) is 39.2 Å². The minimum absolute atomic E-state index is 0.533. The lowest BCUT2D eigenvalue weighted by Crippen LogP contribution is -2.44. The molecule has 3 rings (SSSR count). The minimum Gasteiger partial charge on any atom is -0.490 e. The van der Waals surface area contributed by atoms with E-state index >= 15 is 0 Å². The van der Waals surface area contributed by atoms with Gasteiger partial charge < -0.3 is 20.1 Å².